The van der Waals surface area contributed by atoms with Gasteiger partial charge in [0.15, 0.2) is 0 Å². The molecule has 1 aromatic heterocycles. The third-order valence-corrected chi connectivity index (χ3v) is 4.29. The smallest absolute Gasteiger partial charge is 0.242 e. The highest BCUT2D eigenvalue weighted by Crippen LogP contribution is 2.20. The molecule has 2 aromatic rings. The van der Waals surface area contributed by atoms with Gasteiger partial charge in [0.2, 0.25) is 5.91 Å². The minimum Gasteiger partial charge on any atom is -0.309 e. The van der Waals surface area contributed by atoms with E-state index in [2.05, 4.69) is 33.4 Å². The molecule has 22 heavy (non-hydrogen) atoms. The highest BCUT2D eigenvalue weighted by Gasteiger charge is 2.25. The van der Waals surface area contributed by atoms with Crippen LogP contribution in [0.3, 0.4) is 0 Å². The predicted molar refractivity (Wildman–Crippen MR) is 87.9 cm³/mol. The Kier molecular flexibility index (Phi) is 4.41. The maximum atomic E-state index is 12.4. The van der Waals surface area contributed by atoms with Crippen molar-refractivity contribution in [2.75, 3.05) is 11.9 Å². The first-order valence-corrected chi connectivity index (χ1v) is 7.74. The van der Waals surface area contributed by atoms with Crippen molar-refractivity contribution in [3.63, 3.8) is 0 Å². The molecule has 1 amide bonds. The number of carbonyl (C=O) groups excluding carboxylic acids is 1. The van der Waals surface area contributed by atoms with E-state index < -0.39 is 0 Å². The molecular weight excluding hydrogens is 298 g/mol. The Labute approximate surface area is 135 Å². The number of nitrogens with zero attached hydrogens (tertiary/aromatic N) is 2. The van der Waals surface area contributed by atoms with Gasteiger partial charge in [-0.15, -0.1) is 0 Å². The zero-order valence-corrected chi connectivity index (χ0v) is 13.2. The van der Waals surface area contributed by atoms with Crippen LogP contribution in [-0.4, -0.2) is 28.4 Å². The summed E-state index contributed by atoms with van der Waals surface area (Å²) in [6.07, 6.45) is 2.51. The Morgan fingerprint density at radius 3 is 2.77 bits per heavy atom. The number of halogens is 1. The first-order valence-electron chi connectivity index (χ1n) is 7.37. The second kappa shape index (κ2) is 6.46. The van der Waals surface area contributed by atoms with Gasteiger partial charge in [0.1, 0.15) is 5.82 Å². The molecule has 3 rings (SSSR count). The van der Waals surface area contributed by atoms with E-state index in [0.717, 1.165) is 19.5 Å². The summed E-state index contributed by atoms with van der Waals surface area (Å²) in [5, 5.41) is 3.39. The molecule has 2 heterocycles. The second-order valence-corrected chi connectivity index (χ2v) is 5.95. The molecule has 1 atom stereocenters. The number of hydrogen-bond donors (Lipinski definition) is 1. The number of nitrogens with one attached hydrogen (secondary N) is 1. The van der Waals surface area contributed by atoms with E-state index in [4.69, 9.17) is 11.6 Å². The summed E-state index contributed by atoms with van der Waals surface area (Å²) in [5.41, 5.74) is 2.68. The van der Waals surface area contributed by atoms with Gasteiger partial charge < -0.3 is 5.32 Å². The molecule has 1 aromatic carbocycles. The quantitative estimate of drug-likeness (QED) is 0.946. The minimum atomic E-state index is -0.203. The van der Waals surface area contributed by atoms with Gasteiger partial charge in [-0.1, -0.05) is 35.9 Å². The van der Waals surface area contributed by atoms with E-state index in [9.17, 15) is 4.79 Å². The van der Waals surface area contributed by atoms with Crippen molar-refractivity contribution in [2.45, 2.75) is 25.9 Å². The van der Waals surface area contributed by atoms with Crippen LogP contribution in [0.2, 0.25) is 5.02 Å². The average molecular weight is 316 g/mol. The molecule has 0 bridgehead atoms. The lowest BCUT2D eigenvalue weighted by molar-refractivity contribution is -0.121. The first kappa shape index (κ1) is 15.0. The maximum Gasteiger partial charge on any atom is 0.242 e. The highest BCUT2D eigenvalue weighted by atomic mass is 35.5. The molecule has 0 spiro atoms. The van der Waals surface area contributed by atoms with Gasteiger partial charge in [0.25, 0.3) is 0 Å². The van der Waals surface area contributed by atoms with Crippen molar-refractivity contribution in [3.8, 4) is 0 Å². The number of carbonyl (C=O) groups is 1. The second-order valence-electron chi connectivity index (χ2n) is 5.52. The lowest BCUT2D eigenvalue weighted by Crippen LogP contribution is -2.44. The third-order valence-electron chi connectivity index (χ3n) is 4.07. The van der Waals surface area contributed by atoms with Crippen LogP contribution in [0, 0.1) is 0 Å². The van der Waals surface area contributed by atoms with E-state index in [1.54, 1.807) is 12.1 Å². The fourth-order valence-electron chi connectivity index (χ4n) is 2.69. The summed E-state index contributed by atoms with van der Waals surface area (Å²) in [7, 11) is 0. The van der Waals surface area contributed by atoms with Crippen LogP contribution in [0.4, 0.5) is 5.82 Å². The van der Waals surface area contributed by atoms with E-state index >= 15 is 0 Å². The molecule has 1 aliphatic rings. The molecule has 1 aliphatic heterocycles. The van der Waals surface area contributed by atoms with Gasteiger partial charge in [0, 0.05) is 19.3 Å². The average Bonchev–Trinajstić information content (AvgIpc) is 2.55. The van der Waals surface area contributed by atoms with Crippen molar-refractivity contribution in [1.82, 2.24) is 9.88 Å². The molecule has 0 aliphatic carbocycles. The molecule has 0 saturated carbocycles. The van der Waals surface area contributed by atoms with Gasteiger partial charge in [-0.05, 0) is 36.6 Å². The van der Waals surface area contributed by atoms with Crippen LogP contribution in [0.5, 0.6) is 0 Å². The van der Waals surface area contributed by atoms with Gasteiger partial charge in [-0.25, -0.2) is 4.98 Å². The lowest BCUT2D eigenvalue weighted by atomic mass is 9.99. The number of hydrogen-bond acceptors (Lipinski definition) is 3. The van der Waals surface area contributed by atoms with Crippen LogP contribution >= 0.6 is 11.6 Å². The molecule has 5 heteroatoms. The Bertz CT molecular complexity index is 672. The van der Waals surface area contributed by atoms with Gasteiger partial charge >= 0.3 is 0 Å². The number of aromatic nitrogens is 1. The van der Waals surface area contributed by atoms with Crippen molar-refractivity contribution in [1.29, 1.82) is 0 Å². The largest absolute Gasteiger partial charge is 0.309 e. The Hall–Kier alpha value is -1.91. The number of rotatable bonds is 3. The van der Waals surface area contributed by atoms with Crippen LogP contribution in [-0.2, 0) is 17.8 Å². The number of benzene rings is 1. The molecule has 0 saturated heterocycles. The standard InChI is InChI=1S/C17H18ClN3O/c1-12(17(22)20-16-7-6-15(18)10-19-16)21-9-8-13-4-2-3-5-14(13)11-21/h2-7,10,12H,8-9,11H2,1H3,(H,19,20,22). The van der Waals surface area contributed by atoms with Gasteiger partial charge in [0.05, 0.1) is 11.1 Å². The zero-order valence-electron chi connectivity index (χ0n) is 12.4. The number of anilines is 1. The fraction of sp³-hybridized carbons (Fsp3) is 0.294. The van der Waals surface area contributed by atoms with E-state index in [1.165, 1.54) is 17.3 Å². The summed E-state index contributed by atoms with van der Waals surface area (Å²) in [5.74, 6) is 0.480. The summed E-state index contributed by atoms with van der Waals surface area (Å²) in [4.78, 5) is 18.7. The zero-order chi connectivity index (χ0) is 15.5. The van der Waals surface area contributed by atoms with Crippen molar-refractivity contribution in [2.24, 2.45) is 0 Å². The molecule has 0 radical (unpaired) electrons. The van der Waals surface area contributed by atoms with Crippen LogP contribution in [0.25, 0.3) is 0 Å². The maximum absolute atomic E-state index is 12.4. The molecule has 4 nitrogen and oxygen atoms in total. The SMILES string of the molecule is CC(C(=O)Nc1ccc(Cl)cn1)N1CCc2ccccc2C1. The highest BCUT2D eigenvalue weighted by molar-refractivity contribution is 6.30. The van der Waals surface area contributed by atoms with Gasteiger partial charge in [-0.3, -0.25) is 9.69 Å². The van der Waals surface area contributed by atoms with Gasteiger partial charge in [-0.2, -0.15) is 0 Å². The predicted octanol–water partition coefficient (Wildman–Crippen LogP) is 3.12. The fourth-order valence-corrected chi connectivity index (χ4v) is 2.81. The summed E-state index contributed by atoms with van der Waals surface area (Å²) >= 11 is 5.80. The molecule has 1 unspecified atom stereocenters. The number of amides is 1. The molecule has 0 fully saturated rings. The van der Waals surface area contributed by atoms with Crippen molar-refractivity contribution in [3.05, 3.63) is 58.7 Å². The normalized spacial score (nSPS) is 15.9. The van der Waals surface area contributed by atoms with E-state index in [0.29, 0.717) is 10.8 Å². The van der Waals surface area contributed by atoms with Crippen molar-refractivity contribution >= 4 is 23.3 Å². The third kappa shape index (κ3) is 3.29. The summed E-state index contributed by atoms with van der Waals surface area (Å²) in [6, 6.07) is 11.6. The Balaban J connectivity index is 1.65. The molecule has 1 N–H and O–H groups in total. The minimum absolute atomic E-state index is 0.0470. The first-order chi connectivity index (χ1) is 10.6. The van der Waals surface area contributed by atoms with Crippen LogP contribution in [0.1, 0.15) is 18.1 Å². The molecular formula is C17H18ClN3O. The molecule has 114 valence electrons. The monoisotopic (exact) mass is 315 g/mol. The van der Waals surface area contributed by atoms with E-state index in [-0.39, 0.29) is 11.9 Å². The Morgan fingerprint density at radius 1 is 1.27 bits per heavy atom. The topological polar surface area (TPSA) is 45.2 Å². The van der Waals surface area contributed by atoms with Crippen LogP contribution < -0.4 is 5.32 Å². The summed E-state index contributed by atoms with van der Waals surface area (Å²) in [6.45, 7) is 3.62. The van der Waals surface area contributed by atoms with Crippen LogP contribution in [0.15, 0.2) is 42.6 Å². The summed E-state index contributed by atoms with van der Waals surface area (Å²) < 4.78 is 0. The van der Waals surface area contributed by atoms with Crippen molar-refractivity contribution < 1.29 is 4.79 Å². The lowest BCUT2D eigenvalue weighted by Gasteiger charge is -2.32. The van der Waals surface area contributed by atoms with E-state index in [1.807, 2.05) is 13.0 Å². The number of fused-ring (bicyclic) bond motifs is 1. The Morgan fingerprint density at radius 2 is 2.05 bits per heavy atom. The number of pyridine rings is 1.